The Hall–Kier alpha value is -2.34. The molecule has 3 atom stereocenters. The zero-order valence-corrected chi connectivity index (χ0v) is 16.2. The summed E-state index contributed by atoms with van der Waals surface area (Å²) in [5.41, 5.74) is 0.967. The van der Waals surface area contributed by atoms with Gasteiger partial charge in [0.1, 0.15) is 0 Å². The van der Waals surface area contributed by atoms with Gasteiger partial charge in [-0.1, -0.05) is 30.7 Å². The lowest BCUT2D eigenvalue weighted by molar-refractivity contribution is 0.0922. The average molecular weight is 385 g/mol. The lowest BCUT2D eigenvalue weighted by atomic mass is 9.95. The number of carbonyl (C=O) groups excluding carboxylic acids is 1. The maximum atomic E-state index is 13.0. The van der Waals surface area contributed by atoms with Crippen molar-refractivity contribution in [2.45, 2.75) is 36.6 Å². The highest BCUT2D eigenvalue weighted by Crippen LogP contribution is 2.44. The normalized spacial score (nSPS) is 24.0. The minimum atomic E-state index is -3.73. The van der Waals surface area contributed by atoms with Crippen LogP contribution in [0.4, 0.5) is 5.69 Å². The van der Waals surface area contributed by atoms with Gasteiger partial charge in [-0.3, -0.25) is 9.10 Å². The predicted molar refractivity (Wildman–Crippen MR) is 105 cm³/mol. The van der Waals surface area contributed by atoms with Crippen LogP contribution in [0.1, 0.15) is 36.0 Å². The monoisotopic (exact) mass is 384 g/mol. The second-order valence-corrected chi connectivity index (χ2v) is 9.56. The summed E-state index contributed by atoms with van der Waals surface area (Å²) in [7, 11) is -2.21. The molecule has 142 valence electrons. The van der Waals surface area contributed by atoms with E-state index in [1.807, 2.05) is 6.07 Å². The maximum Gasteiger partial charge on any atom is 0.264 e. The smallest absolute Gasteiger partial charge is 0.264 e. The minimum Gasteiger partial charge on any atom is -0.349 e. The van der Waals surface area contributed by atoms with E-state index in [4.69, 9.17) is 0 Å². The van der Waals surface area contributed by atoms with Crippen molar-refractivity contribution in [3.05, 3.63) is 60.2 Å². The molecule has 0 aromatic heterocycles. The van der Waals surface area contributed by atoms with E-state index < -0.39 is 10.0 Å². The molecule has 2 bridgehead atoms. The van der Waals surface area contributed by atoms with E-state index in [2.05, 4.69) is 5.32 Å². The Morgan fingerprint density at radius 1 is 1.04 bits per heavy atom. The molecule has 27 heavy (non-hydrogen) atoms. The number of nitrogens with zero attached hydrogens (tertiary/aromatic N) is 1. The number of amides is 1. The molecule has 1 amide bonds. The SMILES string of the molecule is CN(c1ccccc1)S(=O)(=O)c1cccc(C(=O)N[C@H]2C[C@H]3CC[C@H]2C3)c1. The molecule has 2 saturated carbocycles. The van der Waals surface area contributed by atoms with E-state index >= 15 is 0 Å². The van der Waals surface area contributed by atoms with E-state index in [-0.39, 0.29) is 16.8 Å². The molecule has 6 heteroatoms. The van der Waals surface area contributed by atoms with Gasteiger partial charge in [-0.2, -0.15) is 0 Å². The molecule has 2 aromatic carbocycles. The van der Waals surface area contributed by atoms with Gasteiger partial charge in [-0.15, -0.1) is 0 Å². The standard InChI is InChI=1S/C21H24N2O3S/c1-23(18-7-3-2-4-8-18)27(25,26)19-9-5-6-17(14-19)21(24)22-20-13-15-10-11-16(20)12-15/h2-9,14-16,20H,10-13H2,1H3,(H,22,24)/t15-,16-,20-/m0/s1. The number of benzene rings is 2. The number of nitrogens with one attached hydrogen (secondary N) is 1. The van der Waals surface area contributed by atoms with Gasteiger partial charge >= 0.3 is 0 Å². The lowest BCUT2D eigenvalue weighted by Crippen LogP contribution is -2.38. The van der Waals surface area contributed by atoms with Crippen molar-refractivity contribution in [1.82, 2.24) is 5.32 Å². The van der Waals surface area contributed by atoms with Crippen LogP contribution in [0.2, 0.25) is 0 Å². The van der Waals surface area contributed by atoms with Gasteiger partial charge in [0.15, 0.2) is 0 Å². The molecule has 2 aliphatic carbocycles. The summed E-state index contributed by atoms with van der Waals surface area (Å²) in [6.45, 7) is 0. The summed E-state index contributed by atoms with van der Waals surface area (Å²) in [5, 5.41) is 3.12. The second kappa shape index (κ2) is 7.00. The summed E-state index contributed by atoms with van der Waals surface area (Å²) in [6.07, 6.45) is 4.72. The Kier molecular flexibility index (Phi) is 4.68. The van der Waals surface area contributed by atoms with E-state index in [0.717, 1.165) is 12.3 Å². The lowest BCUT2D eigenvalue weighted by Gasteiger charge is -2.23. The van der Waals surface area contributed by atoms with Crippen LogP contribution in [0.25, 0.3) is 0 Å². The number of para-hydroxylation sites is 1. The molecule has 2 fully saturated rings. The fraction of sp³-hybridized carbons (Fsp3) is 0.381. The number of carbonyl (C=O) groups is 1. The molecule has 0 saturated heterocycles. The van der Waals surface area contributed by atoms with Crippen LogP contribution in [0.15, 0.2) is 59.5 Å². The van der Waals surface area contributed by atoms with E-state index in [9.17, 15) is 13.2 Å². The van der Waals surface area contributed by atoms with Crippen LogP contribution < -0.4 is 9.62 Å². The summed E-state index contributed by atoms with van der Waals surface area (Å²) in [6, 6.07) is 15.4. The van der Waals surface area contributed by atoms with Crippen molar-refractivity contribution in [2.75, 3.05) is 11.4 Å². The van der Waals surface area contributed by atoms with Crippen LogP contribution >= 0.6 is 0 Å². The van der Waals surface area contributed by atoms with E-state index in [0.29, 0.717) is 17.2 Å². The first-order valence-corrected chi connectivity index (χ1v) is 10.8. The van der Waals surface area contributed by atoms with Crippen molar-refractivity contribution in [1.29, 1.82) is 0 Å². The first kappa shape index (κ1) is 18.0. The van der Waals surface area contributed by atoms with Gasteiger partial charge in [0.25, 0.3) is 15.9 Å². The van der Waals surface area contributed by atoms with Crippen molar-refractivity contribution >= 4 is 21.6 Å². The maximum absolute atomic E-state index is 13.0. The third-order valence-corrected chi connectivity index (χ3v) is 7.71. The van der Waals surface area contributed by atoms with Crippen LogP contribution in [-0.2, 0) is 10.0 Å². The highest BCUT2D eigenvalue weighted by Gasteiger charge is 2.40. The van der Waals surface area contributed by atoms with Gasteiger partial charge in [0.05, 0.1) is 10.6 Å². The average Bonchev–Trinajstić information content (AvgIpc) is 3.31. The highest BCUT2D eigenvalue weighted by molar-refractivity contribution is 7.92. The molecule has 0 unspecified atom stereocenters. The van der Waals surface area contributed by atoms with Gasteiger partial charge in [-0.25, -0.2) is 8.42 Å². The number of anilines is 1. The van der Waals surface area contributed by atoms with Gasteiger partial charge < -0.3 is 5.32 Å². The molecule has 4 rings (SSSR count). The van der Waals surface area contributed by atoms with Gasteiger partial charge in [0, 0.05) is 18.7 Å². The molecule has 0 heterocycles. The largest absolute Gasteiger partial charge is 0.349 e. The number of hydrogen-bond donors (Lipinski definition) is 1. The Bertz CT molecular complexity index is 943. The van der Waals surface area contributed by atoms with Crippen molar-refractivity contribution in [3.63, 3.8) is 0 Å². The van der Waals surface area contributed by atoms with Crippen molar-refractivity contribution < 1.29 is 13.2 Å². The fourth-order valence-corrected chi connectivity index (χ4v) is 5.65. The first-order chi connectivity index (χ1) is 12.9. The van der Waals surface area contributed by atoms with Crippen molar-refractivity contribution in [3.8, 4) is 0 Å². The first-order valence-electron chi connectivity index (χ1n) is 9.40. The van der Waals surface area contributed by atoms with E-state index in [1.165, 1.54) is 42.7 Å². The summed E-state index contributed by atoms with van der Waals surface area (Å²) >= 11 is 0. The number of sulfonamides is 1. The predicted octanol–water partition coefficient (Wildman–Crippen LogP) is 3.43. The fourth-order valence-electron chi connectivity index (χ4n) is 4.41. The van der Waals surface area contributed by atoms with Crippen molar-refractivity contribution in [2.24, 2.45) is 11.8 Å². The van der Waals surface area contributed by atoms with Gasteiger partial charge in [0.2, 0.25) is 0 Å². The Morgan fingerprint density at radius 3 is 2.48 bits per heavy atom. The Morgan fingerprint density at radius 2 is 1.81 bits per heavy atom. The zero-order valence-electron chi connectivity index (χ0n) is 15.3. The van der Waals surface area contributed by atoms with Gasteiger partial charge in [-0.05, 0) is 61.4 Å². The molecule has 0 spiro atoms. The summed E-state index contributed by atoms with van der Waals surface area (Å²) in [4.78, 5) is 12.8. The topological polar surface area (TPSA) is 66.5 Å². The summed E-state index contributed by atoms with van der Waals surface area (Å²) in [5.74, 6) is 1.13. The highest BCUT2D eigenvalue weighted by atomic mass is 32.2. The number of rotatable bonds is 5. The van der Waals surface area contributed by atoms with E-state index in [1.54, 1.807) is 36.4 Å². The molecule has 2 aromatic rings. The van der Waals surface area contributed by atoms with Crippen LogP contribution in [0, 0.1) is 11.8 Å². The molecular weight excluding hydrogens is 360 g/mol. The summed E-state index contributed by atoms with van der Waals surface area (Å²) < 4.78 is 27.1. The molecule has 0 aliphatic heterocycles. The Balaban J connectivity index is 1.54. The third-order valence-electron chi connectivity index (χ3n) is 5.93. The molecule has 1 N–H and O–H groups in total. The quantitative estimate of drug-likeness (QED) is 0.859. The third kappa shape index (κ3) is 3.46. The molecule has 5 nitrogen and oxygen atoms in total. The number of fused-ring (bicyclic) bond motifs is 2. The Labute approximate surface area is 160 Å². The molecule has 2 aliphatic rings. The zero-order chi connectivity index (χ0) is 19.0. The second-order valence-electron chi connectivity index (χ2n) is 7.59. The van der Waals surface area contributed by atoms with Crippen LogP contribution in [-0.4, -0.2) is 27.4 Å². The van der Waals surface area contributed by atoms with Crippen LogP contribution in [0.5, 0.6) is 0 Å². The number of hydrogen-bond acceptors (Lipinski definition) is 3. The minimum absolute atomic E-state index is 0.120. The molecular formula is C21H24N2O3S. The molecule has 0 radical (unpaired) electrons. The van der Waals surface area contributed by atoms with Crippen LogP contribution in [0.3, 0.4) is 0 Å².